The number of benzene rings is 1. The molecule has 1 aliphatic rings. The van der Waals surface area contributed by atoms with Crippen molar-refractivity contribution in [1.29, 1.82) is 0 Å². The number of rotatable bonds is 5. The van der Waals surface area contributed by atoms with E-state index in [4.69, 9.17) is 4.74 Å². The van der Waals surface area contributed by atoms with Gasteiger partial charge in [-0.15, -0.1) is 0 Å². The van der Waals surface area contributed by atoms with Crippen LogP contribution in [0.1, 0.15) is 39.2 Å². The van der Waals surface area contributed by atoms with E-state index in [2.05, 4.69) is 49.9 Å². The van der Waals surface area contributed by atoms with Gasteiger partial charge in [-0.05, 0) is 25.8 Å². The molecule has 122 valence electrons. The second-order valence-corrected chi connectivity index (χ2v) is 6.23. The molecule has 2 atom stereocenters. The topological polar surface area (TPSA) is 32.8 Å². The number of amides is 1. The highest BCUT2D eigenvalue weighted by Crippen LogP contribution is 2.19. The average molecular weight is 304 g/mol. The Hall–Kier alpha value is -1.55. The van der Waals surface area contributed by atoms with Gasteiger partial charge in [0.25, 0.3) is 0 Å². The molecule has 0 bridgehead atoms. The summed E-state index contributed by atoms with van der Waals surface area (Å²) in [6, 6.07) is 11.0. The van der Waals surface area contributed by atoms with Crippen molar-refractivity contribution >= 4 is 6.09 Å². The molecule has 2 rings (SSSR count). The molecule has 0 aromatic heterocycles. The molecule has 1 aromatic carbocycles. The van der Waals surface area contributed by atoms with E-state index in [-0.39, 0.29) is 12.1 Å². The summed E-state index contributed by atoms with van der Waals surface area (Å²) < 4.78 is 5.36. The largest absolute Gasteiger partial charge is 0.449 e. The molecule has 4 heteroatoms. The van der Waals surface area contributed by atoms with Crippen LogP contribution >= 0.6 is 0 Å². The molecular weight excluding hydrogens is 276 g/mol. The van der Waals surface area contributed by atoms with Crippen LogP contribution in [0.4, 0.5) is 4.79 Å². The molecule has 0 N–H and O–H groups in total. The van der Waals surface area contributed by atoms with Crippen molar-refractivity contribution in [3.8, 4) is 0 Å². The van der Waals surface area contributed by atoms with E-state index in [1.807, 2.05) is 11.0 Å². The molecule has 0 spiro atoms. The highest BCUT2D eigenvalue weighted by molar-refractivity contribution is 5.68. The quantitative estimate of drug-likeness (QED) is 0.780. The lowest BCUT2D eigenvalue weighted by Crippen LogP contribution is -2.57. The number of piperazine rings is 1. The molecule has 0 radical (unpaired) electrons. The van der Waals surface area contributed by atoms with Crippen LogP contribution in [0.2, 0.25) is 0 Å². The van der Waals surface area contributed by atoms with Gasteiger partial charge < -0.3 is 9.64 Å². The Labute approximate surface area is 134 Å². The Balaban J connectivity index is 1.89. The van der Waals surface area contributed by atoms with Crippen molar-refractivity contribution in [2.24, 2.45) is 0 Å². The van der Waals surface area contributed by atoms with Crippen molar-refractivity contribution in [3.05, 3.63) is 35.9 Å². The SMILES string of the molecule is CCCCOC(=O)N1CC(C)N(Cc2ccccc2)CC1C. The van der Waals surface area contributed by atoms with Gasteiger partial charge in [-0.3, -0.25) is 4.90 Å². The molecule has 2 unspecified atom stereocenters. The first-order chi connectivity index (χ1) is 10.6. The molecule has 1 amide bonds. The van der Waals surface area contributed by atoms with E-state index in [0.717, 1.165) is 32.5 Å². The lowest BCUT2D eigenvalue weighted by molar-refractivity contribution is 0.0246. The van der Waals surface area contributed by atoms with Crippen molar-refractivity contribution in [2.75, 3.05) is 19.7 Å². The molecular formula is C18H28N2O2. The second kappa shape index (κ2) is 8.18. The van der Waals surface area contributed by atoms with Crippen LogP contribution < -0.4 is 0 Å². The summed E-state index contributed by atoms with van der Waals surface area (Å²) in [7, 11) is 0. The van der Waals surface area contributed by atoms with E-state index < -0.39 is 0 Å². The highest BCUT2D eigenvalue weighted by Gasteiger charge is 2.32. The normalized spacial score (nSPS) is 22.6. The summed E-state index contributed by atoms with van der Waals surface area (Å²) in [6.45, 7) is 9.47. The third kappa shape index (κ3) is 4.47. The number of carbonyl (C=O) groups excluding carboxylic acids is 1. The van der Waals surface area contributed by atoms with Crippen LogP contribution in [-0.2, 0) is 11.3 Å². The smallest absolute Gasteiger partial charge is 0.410 e. The first-order valence-corrected chi connectivity index (χ1v) is 8.33. The number of ether oxygens (including phenoxy) is 1. The lowest BCUT2D eigenvalue weighted by Gasteiger charge is -2.43. The van der Waals surface area contributed by atoms with Crippen molar-refractivity contribution < 1.29 is 9.53 Å². The first kappa shape index (κ1) is 16.8. The maximum atomic E-state index is 12.2. The summed E-state index contributed by atoms with van der Waals surface area (Å²) in [5.74, 6) is 0. The van der Waals surface area contributed by atoms with Crippen LogP contribution in [0, 0.1) is 0 Å². The number of hydrogen-bond donors (Lipinski definition) is 0. The maximum absolute atomic E-state index is 12.2. The average Bonchev–Trinajstić information content (AvgIpc) is 2.51. The van der Waals surface area contributed by atoms with Gasteiger partial charge in [0.05, 0.1) is 6.61 Å². The standard InChI is InChI=1S/C18H28N2O2/c1-4-5-11-22-18(21)20-13-15(2)19(12-16(20)3)14-17-9-7-6-8-10-17/h6-10,15-16H,4-5,11-14H2,1-3H3. The molecule has 1 aliphatic heterocycles. The van der Waals surface area contributed by atoms with Gasteiger partial charge >= 0.3 is 6.09 Å². The van der Waals surface area contributed by atoms with Crippen LogP contribution in [0.3, 0.4) is 0 Å². The predicted octanol–water partition coefficient (Wildman–Crippen LogP) is 3.52. The molecule has 1 fully saturated rings. The van der Waals surface area contributed by atoms with E-state index in [1.165, 1.54) is 5.56 Å². The lowest BCUT2D eigenvalue weighted by atomic mass is 10.1. The van der Waals surface area contributed by atoms with E-state index >= 15 is 0 Å². The summed E-state index contributed by atoms with van der Waals surface area (Å²) >= 11 is 0. The fourth-order valence-electron chi connectivity index (χ4n) is 2.88. The fourth-order valence-corrected chi connectivity index (χ4v) is 2.88. The zero-order valence-electron chi connectivity index (χ0n) is 14.0. The zero-order chi connectivity index (χ0) is 15.9. The Morgan fingerprint density at radius 3 is 2.59 bits per heavy atom. The minimum Gasteiger partial charge on any atom is -0.449 e. The molecule has 0 aliphatic carbocycles. The van der Waals surface area contributed by atoms with Gasteiger partial charge in [-0.2, -0.15) is 0 Å². The number of unbranched alkanes of at least 4 members (excludes halogenated alkanes) is 1. The molecule has 1 heterocycles. The van der Waals surface area contributed by atoms with Gasteiger partial charge in [-0.25, -0.2) is 4.79 Å². The van der Waals surface area contributed by atoms with Crippen LogP contribution in [-0.4, -0.2) is 47.7 Å². The minimum absolute atomic E-state index is 0.160. The third-order valence-corrected chi connectivity index (χ3v) is 4.30. The Kier molecular flexibility index (Phi) is 6.25. The van der Waals surface area contributed by atoms with Gasteiger partial charge in [0.2, 0.25) is 0 Å². The van der Waals surface area contributed by atoms with Crippen LogP contribution in [0.5, 0.6) is 0 Å². The number of nitrogens with zero attached hydrogens (tertiary/aromatic N) is 2. The van der Waals surface area contributed by atoms with E-state index in [9.17, 15) is 4.79 Å². The summed E-state index contributed by atoms with van der Waals surface area (Å²) in [6.07, 6.45) is 1.82. The number of hydrogen-bond acceptors (Lipinski definition) is 3. The van der Waals surface area contributed by atoms with E-state index in [1.54, 1.807) is 0 Å². The highest BCUT2D eigenvalue weighted by atomic mass is 16.6. The first-order valence-electron chi connectivity index (χ1n) is 8.33. The van der Waals surface area contributed by atoms with Crippen molar-refractivity contribution in [2.45, 2.75) is 52.2 Å². The minimum atomic E-state index is -0.160. The molecule has 0 saturated carbocycles. The van der Waals surface area contributed by atoms with Gasteiger partial charge in [0.1, 0.15) is 0 Å². The molecule has 22 heavy (non-hydrogen) atoms. The monoisotopic (exact) mass is 304 g/mol. The van der Waals surface area contributed by atoms with E-state index in [0.29, 0.717) is 12.6 Å². The number of carbonyl (C=O) groups is 1. The second-order valence-electron chi connectivity index (χ2n) is 6.23. The summed E-state index contributed by atoms with van der Waals surface area (Å²) in [5.41, 5.74) is 1.32. The van der Waals surface area contributed by atoms with Crippen molar-refractivity contribution in [1.82, 2.24) is 9.80 Å². The summed E-state index contributed by atoms with van der Waals surface area (Å²) in [5, 5.41) is 0. The fraction of sp³-hybridized carbons (Fsp3) is 0.611. The zero-order valence-corrected chi connectivity index (χ0v) is 14.0. The summed E-state index contributed by atoms with van der Waals surface area (Å²) in [4.78, 5) is 16.5. The molecule has 4 nitrogen and oxygen atoms in total. The molecule has 1 saturated heterocycles. The van der Waals surface area contributed by atoms with Gasteiger partial charge in [0, 0.05) is 31.7 Å². The Morgan fingerprint density at radius 2 is 1.91 bits per heavy atom. The third-order valence-electron chi connectivity index (χ3n) is 4.30. The van der Waals surface area contributed by atoms with Crippen LogP contribution in [0.25, 0.3) is 0 Å². The molecule has 1 aromatic rings. The van der Waals surface area contributed by atoms with Gasteiger partial charge in [-0.1, -0.05) is 43.7 Å². The van der Waals surface area contributed by atoms with Crippen molar-refractivity contribution in [3.63, 3.8) is 0 Å². The van der Waals surface area contributed by atoms with Gasteiger partial charge in [0.15, 0.2) is 0 Å². The predicted molar refractivity (Wildman–Crippen MR) is 88.7 cm³/mol. The maximum Gasteiger partial charge on any atom is 0.410 e. The Bertz CT molecular complexity index is 463. The van der Waals surface area contributed by atoms with Crippen LogP contribution in [0.15, 0.2) is 30.3 Å². The Morgan fingerprint density at radius 1 is 1.18 bits per heavy atom.